The van der Waals surface area contributed by atoms with Crippen LogP contribution in [0.5, 0.6) is 5.75 Å². The molecule has 1 aliphatic heterocycles. The summed E-state index contributed by atoms with van der Waals surface area (Å²) in [5.74, 6) is 2.23. The van der Waals surface area contributed by atoms with Gasteiger partial charge < -0.3 is 9.15 Å². The normalized spacial score (nSPS) is 18.4. The van der Waals surface area contributed by atoms with Gasteiger partial charge in [-0.3, -0.25) is 4.90 Å². The van der Waals surface area contributed by atoms with Gasteiger partial charge in [0.15, 0.2) is 0 Å². The molecule has 25 heavy (non-hydrogen) atoms. The molecule has 6 heteroatoms. The molecule has 4 rings (SSSR count). The minimum atomic E-state index is 0.190. The van der Waals surface area contributed by atoms with Crippen molar-refractivity contribution < 1.29 is 9.15 Å². The van der Waals surface area contributed by atoms with Gasteiger partial charge in [-0.15, -0.1) is 10.2 Å². The number of hydrogen-bond acceptors (Lipinski definition) is 6. The smallest absolute Gasteiger partial charge is 0.248 e. The van der Waals surface area contributed by atoms with E-state index in [4.69, 9.17) is 9.15 Å². The third kappa shape index (κ3) is 3.60. The van der Waals surface area contributed by atoms with Gasteiger partial charge in [0.1, 0.15) is 5.75 Å². The van der Waals surface area contributed by atoms with Crippen LogP contribution in [-0.2, 0) is 6.54 Å². The van der Waals surface area contributed by atoms with Gasteiger partial charge in [0, 0.05) is 17.5 Å². The molecule has 1 saturated heterocycles. The van der Waals surface area contributed by atoms with Crippen molar-refractivity contribution in [2.24, 2.45) is 0 Å². The molecule has 1 atom stereocenters. The Morgan fingerprint density at radius 2 is 2.08 bits per heavy atom. The fourth-order valence-electron chi connectivity index (χ4n) is 3.30. The second-order valence-corrected chi connectivity index (χ2v) is 7.07. The molecule has 0 aliphatic carbocycles. The van der Waals surface area contributed by atoms with Crippen LogP contribution in [0.4, 0.5) is 0 Å². The molecular weight excluding hydrogens is 334 g/mol. The Morgan fingerprint density at radius 1 is 1.20 bits per heavy atom. The largest absolute Gasteiger partial charge is 0.497 e. The van der Waals surface area contributed by atoms with Crippen molar-refractivity contribution in [1.82, 2.24) is 15.1 Å². The van der Waals surface area contributed by atoms with Gasteiger partial charge in [-0.1, -0.05) is 18.6 Å². The Morgan fingerprint density at radius 3 is 2.84 bits per heavy atom. The number of rotatable bonds is 5. The molecule has 1 aliphatic rings. The zero-order valence-electron chi connectivity index (χ0n) is 14.2. The average Bonchev–Trinajstić information content (AvgIpc) is 3.34. The molecule has 0 bridgehead atoms. The Labute approximate surface area is 151 Å². The van der Waals surface area contributed by atoms with E-state index >= 15 is 0 Å². The number of piperidine rings is 1. The summed E-state index contributed by atoms with van der Waals surface area (Å²) in [5, 5.41) is 12.6. The zero-order chi connectivity index (χ0) is 17.1. The first-order valence-electron chi connectivity index (χ1n) is 8.56. The minimum Gasteiger partial charge on any atom is -0.497 e. The van der Waals surface area contributed by atoms with E-state index in [1.165, 1.54) is 18.4 Å². The summed E-state index contributed by atoms with van der Waals surface area (Å²) in [4.78, 5) is 2.44. The van der Waals surface area contributed by atoms with Crippen LogP contribution in [0.25, 0.3) is 11.5 Å². The maximum absolute atomic E-state index is 5.99. The third-order valence-corrected chi connectivity index (χ3v) is 5.34. The molecule has 5 nitrogen and oxygen atoms in total. The fraction of sp³-hybridized carbons (Fsp3) is 0.368. The van der Waals surface area contributed by atoms with Crippen LogP contribution in [-0.4, -0.2) is 28.8 Å². The lowest BCUT2D eigenvalue weighted by Crippen LogP contribution is -2.33. The summed E-state index contributed by atoms with van der Waals surface area (Å²) in [5.41, 5.74) is 2.27. The SMILES string of the molecule is COc1ccc(CN2CCCC[C@@H]2c2nnc(-c3ccsc3)o2)cc1. The number of thiophene rings is 1. The van der Waals surface area contributed by atoms with Crippen molar-refractivity contribution in [2.75, 3.05) is 13.7 Å². The highest BCUT2D eigenvalue weighted by atomic mass is 32.1. The lowest BCUT2D eigenvalue weighted by molar-refractivity contribution is 0.118. The van der Waals surface area contributed by atoms with Crippen molar-refractivity contribution in [2.45, 2.75) is 31.8 Å². The molecule has 1 aromatic carbocycles. The topological polar surface area (TPSA) is 51.4 Å². The molecule has 0 spiro atoms. The van der Waals surface area contributed by atoms with Crippen LogP contribution in [0.15, 0.2) is 45.5 Å². The fourth-order valence-corrected chi connectivity index (χ4v) is 3.93. The predicted molar refractivity (Wildman–Crippen MR) is 97.6 cm³/mol. The minimum absolute atomic E-state index is 0.190. The van der Waals surface area contributed by atoms with E-state index in [0.29, 0.717) is 5.89 Å². The van der Waals surface area contributed by atoms with E-state index in [2.05, 4.69) is 27.2 Å². The van der Waals surface area contributed by atoms with Gasteiger partial charge in [-0.25, -0.2) is 0 Å². The Balaban J connectivity index is 1.52. The second kappa shape index (κ2) is 7.37. The molecule has 130 valence electrons. The van der Waals surface area contributed by atoms with Crippen molar-refractivity contribution in [3.8, 4) is 17.2 Å². The van der Waals surface area contributed by atoms with Gasteiger partial charge in [-0.05, 0) is 48.5 Å². The Bertz CT molecular complexity index is 798. The lowest BCUT2D eigenvalue weighted by atomic mass is 10.0. The molecule has 0 unspecified atom stereocenters. The summed E-state index contributed by atoms with van der Waals surface area (Å²) in [7, 11) is 1.69. The van der Waals surface area contributed by atoms with Gasteiger partial charge in [-0.2, -0.15) is 11.3 Å². The molecule has 0 N–H and O–H groups in total. The van der Waals surface area contributed by atoms with E-state index in [9.17, 15) is 0 Å². The molecule has 0 amide bonds. The highest BCUT2D eigenvalue weighted by molar-refractivity contribution is 7.08. The van der Waals surface area contributed by atoms with E-state index in [0.717, 1.165) is 36.7 Å². The van der Waals surface area contributed by atoms with Gasteiger partial charge >= 0.3 is 0 Å². The van der Waals surface area contributed by atoms with E-state index in [1.807, 2.05) is 29.0 Å². The number of likely N-dealkylation sites (tertiary alicyclic amines) is 1. The highest BCUT2D eigenvalue weighted by Crippen LogP contribution is 2.33. The number of methoxy groups -OCH3 is 1. The molecule has 2 aromatic heterocycles. The average molecular weight is 355 g/mol. The van der Waals surface area contributed by atoms with Crippen LogP contribution >= 0.6 is 11.3 Å². The maximum Gasteiger partial charge on any atom is 0.248 e. The van der Waals surface area contributed by atoms with Crippen LogP contribution in [0.3, 0.4) is 0 Å². The van der Waals surface area contributed by atoms with Crippen LogP contribution < -0.4 is 4.74 Å². The van der Waals surface area contributed by atoms with Gasteiger partial charge in [0.05, 0.1) is 13.2 Å². The quantitative estimate of drug-likeness (QED) is 0.673. The first-order chi connectivity index (χ1) is 12.3. The molecule has 1 fully saturated rings. The Hall–Kier alpha value is -2.18. The van der Waals surface area contributed by atoms with Crippen molar-refractivity contribution in [1.29, 1.82) is 0 Å². The third-order valence-electron chi connectivity index (χ3n) is 4.65. The van der Waals surface area contributed by atoms with E-state index < -0.39 is 0 Å². The van der Waals surface area contributed by atoms with Crippen LogP contribution in [0.2, 0.25) is 0 Å². The lowest BCUT2D eigenvalue weighted by Gasteiger charge is -2.33. The van der Waals surface area contributed by atoms with Crippen molar-refractivity contribution >= 4 is 11.3 Å². The van der Waals surface area contributed by atoms with Gasteiger partial charge in [0.2, 0.25) is 11.8 Å². The van der Waals surface area contributed by atoms with E-state index in [1.54, 1.807) is 18.4 Å². The van der Waals surface area contributed by atoms with Crippen LogP contribution in [0.1, 0.15) is 36.8 Å². The molecular formula is C19H21N3O2S. The van der Waals surface area contributed by atoms with Crippen molar-refractivity contribution in [3.05, 3.63) is 52.5 Å². The molecule has 3 aromatic rings. The molecule has 3 heterocycles. The second-order valence-electron chi connectivity index (χ2n) is 6.29. The zero-order valence-corrected chi connectivity index (χ0v) is 15.0. The number of hydrogen-bond donors (Lipinski definition) is 0. The first-order valence-corrected chi connectivity index (χ1v) is 9.51. The predicted octanol–water partition coefficient (Wildman–Crippen LogP) is 4.53. The van der Waals surface area contributed by atoms with Gasteiger partial charge in [0.25, 0.3) is 0 Å². The number of ether oxygens (including phenoxy) is 1. The number of nitrogens with zero attached hydrogens (tertiary/aromatic N) is 3. The summed E-state index contributed by atoms with van der Waals surface area (Å²) < 4.78 is 11.2. The number of aromatic nitrogens is 2. The monoisotopic (exact) mass is 355 g/mol. The highest BCUT2D eigenvalue weighted by Gasteiger charge is 2.28. The Kier molecular flexibility index (Phi) is 4.81. The molecule has 0 saturated carbocycles. The summed E-state index contributed by atoms with van der Waals surface area (Å²) >= 11 is 1.64. The van der Waals surface area contributed by atoms with Crippen molar-refractivity contribution in [3.63, 3.8) is 0 Å². The van der Waals surface area contributed by atoms with Crippen LogP contribution in [0, 0.1) is 0 Å². The number of benzene rings is 1. The van der Waals surface area contributed by atoms with E-state index in [-0.39, 0.29) is 6.04 Å². The maximum atomic E-state index is 5.99. The summed E-state index contributed by atoms with van der Waals surface area (Å²) in [6, 6.07) is 10.5. The standard InChI is InChI=1S/C19H21N3O2S/c1-23-16-7-5-14(6-8-16)12-22-10-3-2-4-17(22)19-21-20-18(24-19)15-9-11-25-13-15/h5-9,11,13,17H,2-4,10,12H2,1H3/t17-/m1/s1. The first kappa shape index (κ1) is 16.3. The molecule has 0 radical (unpaired) electrons. The summed E-state index contributed by atoms with van der Waals surface area (Å²) in [6.07, 6.45) is 3.46. The summed E-state index contributed by atoms with van der Waals surface area (Å²) in [6.45, 7) is 1.93.